The van der Waals surface area contributed by atoms with Gasteiger partial charge in [0.15, 0.2) is 0 Å². The molecule has 7 heteroatoms. The molecule has 2 fully saturated rings. The fourth-order valence-electron chi connectivity index (χ4n) is 4.28. The molecule has 7 nitrogen and oxygen atoms in total. The molecule has 142 valence electrons. The average Bonchev–Trinajstić information content (AvgIpc) is 2.93. The summed E-state index contributed by atoms with van der Waals surface area (Å²) in [5, 5.41) is 5.00. The Kier molecular flexibility index (Phi) is 4.16. The molecule has 2 aliphatic rings. The summed E-state index contributed by atoms with van der Waals surface area (Å²) in [6, 6.07) is 8.86. The van der Waals surface area contributed by atoms with Crippen molar-refractivity contribution in [3.63, 3.8) is 0 Å². The fourth-order valence-corrected chi connectivity index (χ4v) is 4.28. The molecule has 0 spiro atoms. The van der Waals surface area contributed by atoms with Gasteiger partial charge in [-0.05, 0) is 37.4 Å². The van der Waals surface area contributed by atoms with E-state index in [9.17, 15) is 4.79 Å². The van der Waals surface area contributed by atoms with Crippen LogP contribution in [0.15, 0.2) is 49.1 Å². The molecule has 2 amide bonds. The summed E-state index contributed by atoms with van der Waals surface area (Å²) >= 11 is 0. The van der Waals surface area contributed by atoms with Crippen LogP contribution in [0.5, 0.6) is 0 Å². The Morgan fingerprint density at radius 1 is 1.04 bits per heavy atom. The summed E-state index contributed by atoms with van der Waals surface area (Å²) in [6.07, 6.45) is 9.22. The first-order valence-electron chi connectivity index (χ1n) is 9.61. The van der Waals surface area contributed by atoms with Crippen LogP contribution in [-0.2, 0) is 0 Å². The number of urea groups is 1. The number of pyridine rings is 1. The number of carbonyl (C=O) groups excluding carboxylic acids is 1. The lowest BCUT2D eigenvalue weighted by Crippen LogP contribution is -2.54. The Labute approximate surface area is 163 Å². The maximum Gasteiger partial charge on any atom is 0.323 e. The van der Waals surface area contributed by atoms with Gasteiger partial charge in [0.25, 0.3) is 0 Å². The Balaban J connectivity index is 1.36. The molecule has 2 aromatic heterocycles. The van der Waals surface area contributed by atoms with E-state index in [4.69, 9.17) is 0 Å². The third-order valence-corrected chi connectivity index (χ3v) is 5.95. The summed E-state index contributed by atoms with van der Waals surface area (Å²) in [4.78, 5) is 30.0. The highest BCUT2D eigenvalue weighted by molar-refractivity contribution is 5.93. The molecule has 2 bridgehead atoms. The monoisotopic (exact) mass is 374 g/mol. The number of piperazine rings is 1. The first kappa shape index (κ1) is 17.1. The number of fused-ring (bicyclic) bond motifs is 3. The normalized spacial score (nSPS) is 21.8. The number of likely N-dealkylation sites (tertiary alicyclic amines) is 1. The van der Waals surface area contributed by atoms with Crippen molar-refractivity contribution in [1.29, 1.82) is 0 Å². The number of nitrogens with one attached hydrogen (secondary N) is 1. The molecule has 0 aliphatic carbocycles. The van der Waals surface area contributed by atoms with Crippen LogP contribution in [-0.4, -0.2) is 63.0 Å². The quantitative estimate of drug-likeness (QED) is 0.746. The van der Waals surface area contributed by atoms with Gasteiger partial charge in [0.1, 0.15) is 5.82 Å². The predicted molar refractivity (Wildman–Crippen MR) is 108 cm³/mol. The highest BCUT2D eigenvalue weighted by atomic mass is 16.2. The lowest BCUT2D eigenvalue weighted by Gasteiger charge is -2.38. The number of hydrogen-bond acceptors (Lipinski definition) is 5. The molecular formula is C21H22N6O. The van der Waals surface area contributed by atoms with Crippen LogP contribution < -0.4 is 5.32 Å². The van der Waals surface area contributed by atoms with Crippen LogP contribution in [0.1, 0.15) is 12.8 Å². The third-order valence-electron chi connectivity index (χ3n) is 5.95. The Morgan fingerprint density at radius 2 is 1.86 bits per heavy atom. The summed E-state index contributed by atoms with van der Waals surface area (Å²) in [5.41, 5.74) is 1.81. The van der Waals surface area contributed by atoms with Crippen molar-refractivity contribution >= 4 is 22.6 Å². The molecule has 2 unspecified atom stereocenters. The highest BCUT2D eigenvalue weighted by Crippen LogP contribution is 2.29. The Bertz CT molecular complexity index is 1010. The van der Waals surface area contributed by atoms with E-state index >= 15 is 0 Å². The van der Waals surface area contributed by atoms with Gasteiger partial charge in [0.2, 0.25) is 0 Å². The van der Waals surface area contributed by atoms with E-state index in [-0.39, 0.29) is 6.03 Å². The van der Waals surface area contributed by atoms with E-state index in [1.165, 1.54) is 12.8 Å². The molecule has 1 aromatic carbocycles. The van der Waals surface area contributed by atoms with Crippen LogP contribution in [0.2, 0.25) is 0 Å². The van der Waals surface area contributed by atoms with Gasteiger partial charge >= 0.3 is 6.03 Å². The van der Waals surface area contributed by atoms with Gasteiger partial charge in [-0.15, -0.1) is 0 Å². The fraction of sp³-hybridized carbons (Fsp3) is 0.333. The van der Waals surface area contributed by atoms with Gasteiger partial charge in [-0.25, -0.2) is 9.78 Å². The highest BCUT2D eigenvalue weighted by Gasteiger charge is 2.39. The zero-order chi connectivity index (χ0) is 19.1. The number of amides is 2. The topological polar surface area (TPSA) is 74.2 Å². The van der Waals surface area contributed by atoms with Crippen molar-refractivity contribution in [3.05, 3.63) is 49.1 Å². The van der Waals surface area contributed by atoms with E-state index in [1.54, 1.807) is 24.8 Å². The van der Waals surface area contributed by atoms with Gasteiger partial charge in [-0.2, -0.15) is 0 Å². The molecule has 2 aliphatic heterocycles. The number of benzene rings is 1. The molecular weight excluding hydrogens is 352 g/mol. The first-order valence-corrected chi connectivity index (χ1v) is 9.61. The molecule has 0 saturated carbocycles. The van der Waals surface area contributed by atoms with E-state index in [0.717, 1.165) is 35.1 Å². The number of rotatable bonds is 2. The summed E-state index contributed by atoms with van der Waals surface area (Å²) in [7, 11) is 2.16. The van der Waals surface area contributed by atoms with Gasteiger partial charge in [0, 0.05) is 54.7 Å². The second kappa shape index (κ2) is 6.83. The van der Waals surface area contributed by atoms with Gasteiger partial charge in [0.05, 0.1) is 11.9 Å². The van der Waals surface area contributed by atoms with E-state index < -0.39 is 0 Å². The molecule has 4 heterocycles. The predicted octanol–water partition coefficient (Wildman–Crippen LogP) is 3.00. The maximum atomic E-state index is 12.8. The second-order valence-electron chi connectivity index (χ2n) is 7.61. The van der Waals surface area contributed by atoms with Crippen molar-refractivity contribution in [3.8, 4) is 11.3 Å². The maximum absolute atomic E-state index is 12.8. The summed E-state index contributed by atoms with van der Waals surface area (Å²) < 4.78 is 0. The summed E-state index contributed by atoms with van der Waals surface area (Å²) in [5.74, 6) is 0.570. The number of aromatic nitrogens is 3. The molecule has 5 rings (SSSR count). The van der Waals surface area contributed by atoms with Crippen LogP contribution in [0.3, 0.4) is 0 Å². The number of nitrogens with zero attached hydrogens (tertiary/aromatic N) is 5. The zero-order valence-electron chi connectivity index (χ0n) is 15.7. The van der Waals surface area contributed by atoms with Crippen molar-refractivity contribution in [1.82, 2.24) is 24.8 Å². The third kappa shape index (κ3) is 3.07. The van der Waals surface area contributed by atoms with E-state index in [2.05, 4.69) is 32.2 Å². The lowest BCUT2D eigenvalue weighted by molar-refractivity contribution is 0.110. The minimum Gasteiger partial charge on any atom is -0.321 e. The first-order chi connectivity index (χ1) is 13.7. The molecule has 3 aromatic rings. The smallest absolute Gasteiger partial charge is 0.321 e. The van der Waals surface area contributed by atoms with Crippen LogP contribution in [0.4, 0.5) is 10.6 Å². The Morgan fingerprint density at radius 3 is 2.61 bits per heavy atom. The van der Waals surface area contributed by atoms with Crippen molar-refractivity contribution < 1.29 is 4.79 Å². The van der Waals surface area contributed by atoms with Crippen molar-refractivity contribution in [2.45, 2.75) is 24.9 Å². The van der Waals surface area contributed by atoms with Crippen LogP contribution in [0.25, 0.3) is 22.0 Å². The SMILES string of the molecule is CN1C2CCC1CN(C(=O)Nc1cc3cc(-c4cnccn4)ccc3cn1)C2. The largest absolute Gasteiger partial charge is 0.323 e. The van der Waals surface area contributed by atoms with Gasteiger partial charge in [-0.3, -0.25) is 20.2 Å². The number of carbonyl (C=O) groups is 1. The zero-order valence-corrected chi connectivity index (χ0v) is 15.7. The summed E-state index contributed by atoms with van der Waals surface area (Å²) in [6.45, 7) is 1.56. The minimum atomic E-state index is -0.0677. The molecule has 28 heavy (non-hydrogen) atoms. The minimum absolute atomic E-state index is 0.0677. The van der Waals surface area contributed by atoms with E-state index in [0.29, 0.717) is 17.9 Å². The lowest BCUT2D eigenvalue weighted by atomic mass is 10.1. The standard InChI is InChI=1S/C21H22N6O/c1-26-17-4-5-18(26)13-27(12-17)21(28)25-20-9-16-8-14(2-3-15(16)10-24-20)19-11-22-6-7-23-19/h2-3,6-11,17-18H,4-5,12-13H2,1H3,(H,24,25,28). The molecule has 1 N–H and O–H groups in total. The van der Waals surface area contributed by atoms with Crippen molar-refractivity contribution in [2.75, 3.05) is 25.5 Å². The van der Waals surface area contributed by atoms with E-state index in [1.807, 2.05) is 29.2 Å². The second-order valence-corrected chi connectivity index (χ2v) is 7.61. The molecule has 2 saturated heterocycles. The van der Waals surface area contributed by atoms with Gasteiger partial charge < -0.3 is 4.90 Å². The van der Waals surface area contributed by atoms with Crippen LogP contribution >= 0.6 is 0 Å². The number of anilines is 1. The van der Waals surface area contributed by atoms with Crippen molar-refractivity contribution in [2.24, 2.45) is 0 Å². The van der Waals surface area contributed by atoms with Crippen LogP contribution in [0, 0.1) is 0 Å². The van der Waals surface area contributed by atoms with Gasteiger partial charge in [-0.1, -0.05) is 12.1 Å². The average molecular weight is 374 g/mol. The molecule has 0 radical (unpaired) electrons. The molecule has 2 atom stereocenters. The Hall–Kier alpha value is -3.06. The number of likely N-dealkylation sites (N-methyl/N-ethyl adjacent to an activating group) is 1. The number of hydrogen-bond donors (Lipinski definition) is 1.